The lowest BCUT2D eigenvalue weighted by Gasteiger charge is -2.11. The lowest BCUT2D eigenvalue weighted by Crippen LogP contribution is -2.22. The van der Waals surface area contributed by atoms with Gasteiger partial charge in [0.05, 0.1) is 12.0 Å². The minimum Gasteiger partial charge on any atom is -0.495 e. The van der Waals surface area contributed by atoms with Gasteiger partial charge in [-0.05, 0) is 38.1 Å². The predicted octanol–water partition coefficient (Wildman–Crippen LogP) is 1.82. The Kier molecular flexibility index (Phi) is 3.45. The number of sulfone groups is 1. The summed E-state index contributed by atoms with van der Waals surface area (Å²) in [5.41, 5.74) is 0.715. The molecule has 5 heteroatoms. The maximum absolute atomic E-state index is 12.4. The maximum Gasteiger partial charge on any atom is 0.207 e. The largest absolute Gasteiger partial charge is 0.495 e. The molecule has 0 aromatic heterocycles. The number of hydrogen-bond donors (Lipinski definition) is 1. The summed E-state index contributed by atoms with van der Waals surface area (Å²) in [5.74, 6) is 0.413. The Balaban J connectivity index is 2.47. The Morgan fingerprint density at radius 1 is 1.39 bits per heavy atom. The zero-order valence-corrected chi connectivity index (χ0v) is 11.5. The first-order valence-electron chi connectivity index (χ1n) is 5.80. The molecule has 1 aliphatic heterocycles. The average Bonchev–Trinajstić information content (AvgIpc) is 2.61. The van der Waals surface area contributed by atoms with E-state index in [0.29, 0.717) is 27.5 Å². The average molecular weight is 267 g/mol. The van der Waals surface area contributed by atoms with E-state index in [4.69, 9.17) is 4.74 Å². The fourth-order valence-electron chi connectivity index (χ4n) is 2.05. The van der Waals surface area contributed by atoms with E-state index >= 15 is 0 Å². The van der Waals surface area contributed by atoms with E-state index in [1.54, 1.807) is 24.3 Å². The summed E-state index contributed by atoms with van der Waals surface area (Å²) in [5, 5.41) is 3.05. The van der Waals surface area contributed by atoms with Crippen LogP contribution in [0.2, 0.25) is 0 Å². The van der Waals surface area contributed by atoms with E-state index in [9.17, 15) is 8.42 Å². The van der Waals surface area contributed by atoms with Crippen LogP contribution in [0.4, 0.5) is 0 Å². The van der Waals surface area contributed by atoms with Crippen LogP contribution < -0.4 is 10.1 Å². The van der Waals surface area contributed by atoms with Crippen LogP contribution in [-0.4, -0.2) is 28.6 Å². The molecular formula is C13H17NO3S. The molecule has 0 saturated heterocycles. The molecule has 0 saturated carbocycles. The van der Waals surface area contributed by atoms with Crippen LogP contribution in [0.25, 0.3) is 6.08 Å². The molecule has 1 heterocycles. The van der Waals surface area contributed by atoms with Crippen LogP contribution in [-0.2, 0) is 9.84 Å². The van der Waals surface area contributed by atoms with Gasteiger partial charge < -0.3 is 10.1 Å². The Labute approximate surface area is 108 Å². The second kappa shape index (κ2) is 4.74. The van der Waals surface area contributed by atoms with Gasteiger partial charge in [-0.2, -0.15) is 0 Å². The first-order valence-corrected chi connectivity index (χ1v) is 7.29. The summed E-state index contributed by atoms with van der Waals surface area (Å²) >= 11 is 0. The van der Waals surface area contributed by atoms with E-state index in [2.05, 4.69) is 5.32 Å². The second-order valence-corrected chi connectivity index (χ2v) is 6.33. The third-order valence-corrected chi connectivity index (χ3v) is 5.11. The van der Waals surface area contributed by atoms with Gasteiger partial charge in [-0.25, -0.2) is 8.42 Å². The zero-order valence-electron chi connectivity index (χ0n) is 10.7. The predicted molar refractivity (Wildman–Crippen MR) is 71.3 cm³/mol. The standard InChI is InChI=1S/C13H17NO3S/c1-9(14-2)7-11-8-10-5-4-6-12(17-3)13(10)18(11,15)16/h4-6,8-9,14H,7H2,1-3H3. The van der Waals surface area contributed by atoms with Gasteiger partial charge in [0.25, 0.3) is 0 Å². The molecule has 4 nitrogen and oxygen atoms in total. The number of hydrogen-bond acceptors (Lipinski definition) is 4. The minimum atomic E-state index is -3.40. The second-order valence-electron chi connectivity index (χ2n) is 4.39. The molecule has 0 aliphatic carbocycles. The molecular weight excluding hydrogens is 250 g/mol. The highest BCUT2D eigenvalue weighted by molar-refractivity contribution is 7.96. The third kappa shape index (κ3) is 2.04. The summed E-state index contributed by atoms with van der Waals surface area (Å²) in [6, 6.07) is 5.39. The van der Waals surface area contributed by atoms with Gasteiger partial charge >= 0.3 is 0 Å². The molecule has 0 fully saturated rings. The van der Waals surface area contributed by atoms with Crippen molar-refractivity contribution in [3.8, 4) is 5.75 Å². The van der Waals surface area contributed by atoms with Gasteiger partial charge in [-0.15, -0.1) is 0 Å². The van der Waals surface area contributed by atoms with Crippen LogP contribution >= 0.6 is 0 Å². The lowest BCUT2D eigenvalue weighted by molar-refractivity contribution is 0.403. The van der Waals surface area contributed by atoms with Crippen molar-refractivity contribution in [2.24, 2.45) is 0 Å². The molecule has 1 atom stereocenters. The van der Waals surface area contributed by atoms with Gasteiger partial charge in [-0.3, -0.25) is 0 Å². The highest BCUT2D eigenvalue weighted by atomic mass is 32.2. The number of rotatable bonds is 4. The normalized spacial score (nSPS) is 18.1. The molecule has 2 rings (SSSR count). The zero-order chi connectivity index (χ0) is 13.3. The SMILES string of the molecule is CNC(C)CC1=Cc2cccc(OC)c2S1(=O)=O. The van der Waals surface area contributed by atoms with Crippen LogP contribution in [0.5, 0.6) is 5.75 Å². The van der Waals surface area contributed by atoms with E-state index in [1.165, 1.54) is 7.11 Å². The number of fused-ring (bicyclic) bond motifs is 1. The molecule has 0 bridgehead atoms. The Morgan fingerprint density at radius 3 is 2.72 bits per heavy atom. The maximum atomic E-state index is 12.4. The van der Waals surface area contributed by atoms with Crippen molar-refractivity contribution in [1.82, 2.24) is 5.32 Å². The summed E-state index contributed by atoms with van der Waals surface area (Å²) in [4.78, 5) is 0.745. The first kappa shape index (κ1) is 13.1. The van der Waals surface area contributed by atoms with Gasteiger partial charge in [0, 0.05) is 6.04 Å². The molecule has 1 unspecified atom stereocenters. The Bertz CT molecular complexity index is 590. The minimum absolute atomic E-state index is 0.117. The first-order chi connectivity index (χ1) is 8.50. The van der Waals surface area contributed by atoms with Crippen molar-refractivity contribution in [2.45, 2.75) is 24.3 Å². The molecule has 0 radical (unpaired) electrons. The Morgan fingerprint density at radius 2 is 2.11 bits per heavy atom. The van der Waals surface area contributed by atoms with Crippen LogP contribution in [0, 0.1) is 0 Å². The highest BCUT2D eigenvalue weighted by Crippen LogP contribution is 2.40. The van der Waals surface area contributed by atoms with Gasteiger partial charge in [0.15, 0.2) is 0 Å². The number of nitrogens with one attached hydrogen (secondary N) is 1. The molecule has 0 amide bonds. The molecule has 1 aromatic rings. The summed E-state index contributed by atoms with van der Waals surface area (Å²) in [7, 11) is -0.0928. The smallest absolute Gasteiger partial charge is 0.207 e. The van der Waals surface area contributed by atoms with Crippen LogP contribution in [0.15, 0.2) is 28.0 Å². The fraction of sp³-hybridized carbons (Fsp3) is 0.385. The van der Waals surface area contributed by atoms with Gasteiger partial charge in [0.2, 0.25) is 9.84 Å². The molecule has 98 valence electrons. The van der Waals surface area contributed by atoms with Crippen molar-refractivity contribution >= 4 is 15.9 Å². The molecule has 1 N–H and O–H groups in total. The van der Waals surface area contributed by atoms with E-state index in [-0.39, 0.29) is 6.04 Å². The van der Waals surface area contributed by atoms with Crippen LogP contribution in [0.1, 0.15) is 18.9 Å². The van der Waals surface area contributed by atoms with Gasteiger partial charge in [-0.1, -0.05) is 12.1 Å². The topological polar surface area (TPSA) is 55.4 Å². The summed E-state index contributed by atoms with van der Waals surface area (Å²) in [6.45, 7) is 1.95. The molecule has 18 heavy (non-hydrogen) atoms. The highest BCUT2D eigenvalue weighted by Gasteiger charge is 2.33. The lowest BCUT2D eigenvalue weighted by atomic mass is 10.1. The fourth-order valence-corrected chi connectivity index (χ4v) is 3.92. The van der Waals surface area contributed by atoms with E-state index in [0.717, 1.165) is 0 Å². The monoisotopic (exact) mass is 267 g/mol. The van der Waals surface area contributed by atoms with E-state index in [1.807, 2.05) is 14.0 Å². The van der Waals surface area contributed by atoms with Crippen molar-refractivity contribution in [3.63, 3.8) is 0 Å². The van der Waals surface area contributed by atoms with Gasteiger partial charge in [0.1, 0.15) is 10.6 Å². The Hall–Kier alpha value is -1.33. The summed E-state index contributed by atoms with van der Waals surface area (Å²) in [6.07, 6.45) is 2.22. The number of methoxy groups -OCH3 is 1. The van der Waals surface area contributed by atoms with Crippen molar-refractivity contribution < 1.29 is 13.2 Å². The third-order valence-electron chi connectivity index (χ3n) is 3.16. The summed E-state index contributed by atoms with van der Waals surface area (Å²) < 4.78 is 30.0. The van der Waals surface area contributed by atoms with Crippen molar-refractivity contribution in [1.29, 1.82) is 0 Å². The molecule has 1 aromatic carbocycles. The number of benzene rings is 1. The van der Waals surface area contributed by atoms with Crippen LogP contribution in [0.3, 0.4) is 0 Å². The molecule has 1 aliphatic rings. The van der Waals surface area contributed by atoms with Crippen molar-refractivity contribution in [3.05, 3.63) is 28.7 Å². The molecule has 0 spiro atoms. The van der Waals surface area contributed by atoms with E-state index < -0.39 is 9.84 Å². The quantitative estimate of drug-likeness (QED) is 0.904. The number of ether oxygens (including phenoxy) is 1. The van der Waals surface area contributed by atoms with Crippen molar-refractivity contribution in [2.75, 3.05) is 14.2 Å².